The second kappa shape index (κ2) is 14.2. The van der Waals surface area contributed by atoms with Crippen LogP contribution in [0.2, 0.25) is 0 Å². The monoisotopic (exact) mass is 606 g/mol. The van der Waals surface area contributed by atoms with Crippen molar-refractivity contribution in [1.29, 1.82) is 0 Å². The number of anilines is 3. The molecular weight excluding hydrogens is 572 g/mol. The molecule has 0 aromatic heterocycles. The van der Waals surface area contributed by atoms with Crippen LogP contribution in [0.25, 0.3) is 0 Å². The maximum Gasteiger partial charge on any atom is 0.326 e. The molecule has 230 valence electrons. The molecule has 5 rings (SSSR count). The maximum atomic E-state index is 13.0. The van der Waals surface area contributed by atoms with Gasteiger partial charge in [-0.25, -0.2) is 4.79 Å². The number of urea groups is 1. The third-order valence-corrected chi connectivity index (χ3v) is 7.57. The highest BCUT2D eigenvalue weighted by Gasteiger charge is 2.25. The number of nitrogens with one attached hydrogen (secondary N) is 3. The maximum absolute atomic E-state index is 13.0. The first-order valence-corrected chi connectivity index (χ1v) is 14.6. The first kappa shape index (κ1) is 30.8. The first-order valence-electron chi connectivity index (χ1n) is 14.6. The van der Waals surface area contributed by atoms with E-state index in [0.29, 0.717) is 40.4 Å². The largest absolute Gasteiger partial charge is 0.495 e. The van der Waals surface area contributed by atoms with Crippen LogP contribution in [-0.2, 0) is 22.4 Å². The molecule has 1 aliphatic rings. The van der Waals surface area contributed by atoms with Crippen molar-refractivity contribution in [2.75, 3.05) is 29.2 Å². The van der Waals surface area contributed by atoms with E-state index in [1.165, 1.54) is 7.11 Å². The Hall–Kier alpha value is -5.64. The van der Waals surface area contributed by atoms with Crippen molar-refractivity contribution in [3.05, 3.63) is 119 Å². The summed E-state index contributed by atoms with van der Waals surface area (Å²) in [6.07, 6.45) is 0.878. The van der Waals surface area contributed by atoms with Gasteiger partial charge in [0.1, 0.15) is 5.75 Å². The standard InChI is InChI=1S/C35H34N4O6/c1-45-31-20-23(14-15-29(31)38-35(44)39-19-18-24-8-5-6-13-30(24)39)21-32(40)36-27-12-7-11-26(22-27)28(16-17-33(41)42)37-34(43)25-9-3-2-4-10-25/h2-15,20,22,28H,16-19,21H2,1H3,(H,36,40)(H,37,43)(H,38,44)(H,41,42). The van der Waals surface area contributed by atoms with Gasteiger partial charge in [0.25, 0.3) is 5.91 Å². The highest BCUT2D eigenvalue weighted by molar-refractivity contribution is 6.04. The van der Waals surface area contributed by atoms with E-state index in [2.05, 4.69) is 16.0 Å². The summed E-state index contributed by atoms with van der Waals surface area (Å²) in [7, 11) is 1.50. The summed E-state index contributed by atoms with van der Waals surface area (Å²) in [5.41, 5.74) is 4.82. The Balaban J connectivity index is 1.23. The number of amides is 4. The molecular formula is C35H34N4O6. The number of methoxy groups -OCH3 is 1. The zero-order valence-electron chi connectivity index (χ0n) is 24.8. The Labute approximate surface area is 261 Å². The average molecular weight is 607 g/mol. The van der Waals surface area contributed by atoms with Crippen LogP contribution < -0.4 is 25.6 Å². The van der Waals surface area contributed by atoms with Crippen molar-refractivity contribution in [1.82, 2.24) is 5.32 Å². The molecule has 1 unspecified atom stereocenters. The molecule has 0 saturated carbocycles. The number of ether oxygens (including phenoxy) is 1. The lowest BCUT2D eigenvalue weighted by Crippen LogP contribution is -2.33. The number of rotatable bonds is 11. The number of para-hydroxylation sites is 1. The minimum Gasteiger partial charge on any atom is -0.495 e. The minimum absolute atomic E-state index is 0.0432. The van der Waals surface area contributed by atoms with Crippen molar-refractivity contribution in [2.24, 2.45) is 0 Å². The number of carbonyl (C=O) groups is 4. The van der Waals surface area contributed by atoms with Crippen molar-refractivity contribution >= 4 is 40.9 Å². The fourth-order valence-electron chi connectivity index (χ4n) is 5.33. The van der Waals surface area contributed by atoms with Crippen LogP contribution in [0.4, 0.5) is 21.9 Å². The molecule has 45 heavy (non-hydrogen) atoms. The Morgan fingerprint density at radius 1 is 0.889 bits per heavy atom. The lowest BCUT2D eigenvalue weighted by atomic mass is 10.0. The van der Waals surface area contributed by atoms with Gasteiger partial charge in [-0.2, -0.15) is 0 Å². The van der Waals surface area contributed by atoms with Crippen LogP contribution >= 0.6 is 0 Å². The van der Waals surface area contributed by atoms with E-state index in [9.17, 15) is 24.3 Å². The summed E-state index contributed by atoms with van der Waals surface area (Å²) >= 11 is 0. The van der Waals surface area contributed by atoms with Crippen molar-refractivity contribution < 1.29 is 29.0 Å². The fourth-order valence-corrected chi connectivity index (χ4v) is 5.33. The van der Waals surface area contributed by atoms with Gasteiger partial charge in [0.2, 0.25) is 5.91 Å². The molecule has 4 aromatic rings. The Bertz CT molecular complexity index is 1710. The molecule has 1 heterocycles. The molecule has 4 amide bonds. The fraction of sp³-hybridized carbons (Fsp3) is 0.200. The van der Waals surface area contributed by atoms with Crippen LogP contribution in [0.5, 0.6) is 5.75 Å². The Morgan fingerprint density at radius 2 is 1.67 bits per heavy atom. The summed E-state index contributed by atoms with van der Waals surface area (Å²) in [5, 5.41) is 18.0. The molecule has 0 saturated heterocycles. The van der Waals surface area contributed by atoms with Crippen molar-refractivity contribution in [2.45, 2.75) is 31.7 Å². The lowest BCUT2D eigenvalue weighted by molar-refractivity contribution is -0.137. The summed E-state index contributed by atoms with van der Waals surface area (Å²) in [4.78, 5) is 51.9. The molecule has 0 radical (unpaired) electrons. The van der Waals surface area contributed by atoms with Gasteiger partial charge in [-0.05, 0) is 72.0 Å². The summed E-state index contributed by atoms with van der Waals surface area (Å²) < 4.78 is 5.52. The van der Waals surface area contributed by atoms with Gasteiger partial charge in [0.05, 0.1) is 25.3 Å². The SMILES string of the molecule is COc1cc(CC(=O)Nc2cccc(C(CCC(=O)O)NC(=O)c3ccccc3)c2)ccc1NC(=O)N1CCc2ccccc21. The number of hydrogen-bond donors (Lipinski definition) is 4. The van der Waals surface area contributed by atoms with E-state index < -0.39 is 12.0 Å². The molecule has 4 N–H and O–H groups in total. The number of benzene rings is 4. The normalized spacial score (nSPS) is 12.5. The summed E-state index contributed by atoms with van der Waals surface area (Å²) in [6, 6.07) is 27.8. The number of fused-ring (bicyclic) bond motifs is 1. The van der Waals surface area contributed by atoms with E-state index >= 15 is 0 Å². The topological polar surface area (TPSA) is 137 Å². The van der Waals surface area contributed by atoms with E-state index in [0.717, 1.165) is 17.7 Å². The van der Waals surface area contributed by atoms with Crippen LogP contribution in [-0.4, -0.2) is 42.6 Å². The van der Waals surface area contributed by atoms with Crippen LogP contribution in [0.15, 0.2) is 97.1 Å². The molecule has 1 atom stereocenters. The van der Waals surface area contributed by atoms with E-state index in [4.69, 9.17) is 4.74 Å². The van der Waals surface area contributed by atoms with Gasteiger partial charge < -0.3 is 25.8 Å². The molecule has 0 spiro atoms. The number of nitrogens with zero attached hydrogens (tertiary/aromatic N) is 1. The Morgan fingerprint density at radius 3 is 2.44 bits per heavy atom. The van der Waals surface area contributed by atoms with Gasteiger partial charge in [-0.15, -0.1) is 0 Å². The van der Waals surface area contributed by atoms with Gasteiger partial charge in [0, 0.05) is 29.9 Å². The first-order chi connectivity index (χ1) is 21.8. The minimum atomic E-state index is -0.971. The molecule has 0 aliphatic carbocycles. The summed E-state index contributed by atoms with van der Waals surface area (Å²) in [6.45, 7) is 0.590. The van der Waals surface area contributed by atoms with Gasteiger partial charge in [0.15, 0.2) is 0 Å². The number of aliphatic carboxylic acids is 1. The van der Waals surface area contributed by atoms with Crippen molar-refractivity contribution in [3.63, 3.8) is 0 Å². The number of carboxylic acid groups (broad SMARTS) is 1. The third kappa shape index (κ3) is 7.85. The number of hydrogen-bond acceptors (Lipinski definition) is 5. The highest BCUT2D eigenvalue weighted by Crippen LogP contribution is 2.31. The predicted molar refractivity (Wildman–Crippen MR) is 172 cm³/mol. The number of carboxylic acids is 1. The van der Waals surface area contributed by atoms with Crippen LogP contribution in [0.3, 0.4) is 0 Å². The second-order valence-electron chi connectivity index (χ2n) is 10.7. The molecule has 0 bridgehead atoms. The smallest absolute Gasteiger partial charge is 0.326 e. The summed E-state index contributed by atoms with van der Waals surface area (Å²) in [5.74, 6) is -1.14. The van der Waals surface area contributed by atoms with E-state index in [1.54, 1.807) is 71.6 Å². The van der Waals surface area contributed by atoms with Crippen molar-refractivity contribution in [3.8, 4) is 5.75 Å². The van der Waals surface area contributed by atoms with E-state index in [-0.39, 0.29) is 37.1 Å². The van der Waals surface area contributed by atoms with Gasteiger partial charge >= 0.3 is 12.0 Å². The van der Waals surface area contributed by atoms with Crippen LogP contribution in [0.1, 0.15) is 45.9 Å². The zero-order chi connectivity index (χ0) is 31.8. The third-order valence-electron chi connectivity index (χ3n) is 7.57. The molecule has 4 aromatic carbocycles. The molecule has 10 heteroatoms. The van der Waals surface area contributed by atoms with Gasteiger partial charge in [-0.3, -0.25) is 19.3 Å². The van der Waals surface area contributed by atoms with Crippen LogP contribution in [0, 0.1) is 0 Å². The molecule has 10 nitrogen and oxygen atoms in total. The highest BCUT2D eigenvalue weighted by atomic mass is 16.5. The second-order valence-corrected chi connectivity index (χ2v) is 10.7. The quantitative estimate of drug-likeness (QED) is 0.170. The average Bonchev–Trinajstić information content (AvgIpc) is 3.48. The van der Waals surface area contributed by atoms with E-state index in [1.807, 2.05) is 30.3 Å². The zero-order valence-corrected chi connectivity index (χ0v) is 24.8. The van der Waals surface area contributed by atoms with Gasteiger partial charge in [-0.1, -0.05) is 54.6 Å². The molecule has 0 fully saturated rings. The number of carbonyl (C=O) groups excluding carboxylic acids is 3. The molecule has 1 aliphatic heterocycles. The Kier molecular flexibility index (Phi) is 9.74. The predicted octanol–water partition coefficient (Wildman–Crippen LogP) is 5.81. The lowest BCUT2D eigenvalue weighted by Gasteiger charge is -2.20.